The number of hydrogen-bond acceptors (Lipinski definition) is 7. The number of nitro groups is 1. The molecule has 3 aromatic carbocycles. The quantitative estimate of drug-likeness (QED) is 0.225. The third-order valence-electron chi connectivity index (χ3n) is 8.19. The standard InChI is InChI=1S/C32H31N5O4/c1-22-28(23-9-5-3-6-10-23)29(24-11-7-4-8-12-24)32(2,30(22)38)21-27-31(35-17-19-41-20-18-35)36(34-33-27)25-13-15-26(16-14-25)37(39)40/h3-16,22H,17-21H2,1-2H3/t22-,32-/m1/s1. The van der Waals surface area contributed by atoms with Crippen molar-refractivity contribution in [2.24, 2.45) is 11.3 Å². The number of aromatic nitrogens is 3. The number of nitro benzene ring substituents is 1. The van der Waals surface area contributed by atoms with Crippen molar-refractivity contribution in [1.29, 1.82) is 0 Å². The van der Waals surface area contributed by atoms with Gasteiger partial charge in [-0.05, 0) is 41.3 Å². The Kier molecular flexibility index (Phi) is 6.96. The Hall–Kier alpha value is -4.63. The van der Waals surface area contributed by atoms with Crippen molar-refractivity contribution in [3.8, 4) is 5.69 Å². The number of ketones is 1. The molecule has 9 nitrogen and oxygen atoms in total. The number of hydrogen-bond donors (Lipinski definition) is 0. The fraction of sp³-hybridized carbons (Fsp3) is 0.281. The molecule has 2 atom stereocenters. The smallest absolute Gasteiger partial charge is 0.269 e. The molecule has 0 amide bonds. The number of morpholine rings is 1. The molecule has 1 aliphatic heterocycles. The van der Waals surface area contributed by atoms with Gasteiger partial charge in [-0.25, -0.2) is 0 Å². The highest BCUT2D eigenvalue weighted by molar-refractivity contribution is 6.18. The number of allylic oxidation sites excluding steroid dienone is 2. The second-order valence-corrected chi connectivity index (χ2v) is 10.8. The van der Waals surface area contributed by atoms with Crippen molar-refractivity contribution in [2.75, 3.05) is 31.2 Å². The van der Waals surface area contributed by atoms with Crippen LogP contribution in [0, 0.1) is 21.4 Å². The zero-order valence-electron chi connectivity index (χ0n) is 23.1. The number of carbonyl (C=O) groups excluding carboxylic acids is 1. The van der Waals surface area contributed by atoms with Gasteiger partial charge in [0.15, 0.2) is 11.6 Å². The van der Waals surface area contributed by atoms with Gasteiger partial charge in [0, 0.05) is 37.6 Å². The molecule has 6 rings (SSSR count). The molecule has 9 heteroatoms. The molecule has 2 aliphatic rings. The second kappa shape index (κ2) is 10.7. The van der Waals surface area contributed by atoms with Gasteiger partial charge in [0.2, 0.25) is 0 Å². The van der Waals surface area contributed by atoms with Crippen molar-refractivity contribution < 1.29 is 14.5 Å². The van der Waals surface area contributed by atoms with E-state index < -0.39 is 10.3 Å². The van der Waals surface area contributed by atoms with Gasteiger partial charge in [-0.15, -0.1) is 5.10 Å². The first-order valence-electron chi connectivity index (χ1n) is 13.8. The van der Waals surface area contributed by atoms with Gasteiger partial charge >= 0.3 is 0 Å². The molecule has 1 fully saturated rings. The number of Topliss-reactive ketones (excluding diaryl/α,β-unsaturated/α-hetero) is 1. The van der Waals surface area contributed by atoms with Crippen molar-refractivity contribution >= 4 is 28.4 Å². The summed E-state index contributed by atoms with van der Waals surface area (Å²) in [5, 5.41) is 20.4. The average Bonchev–Trinajstić information content (AvgIpc) is 3.51. The van der Waals surface area contributed by atoms with Crippen LogP contribution in [0.4, 0.5) is 11.5 Å². The Morgan fingerprint density at radius 2 is 1.56 bits per heavy atom. The molecule has 0 bridgehead atoms. The molecule has 1 aliphatic carbocycles. The number of carbonyl (C=O) groups is 1. The van der Waals surface area contributed by atoms with Crippen LogP contribution in [-0.4, -0.2) is 52.0 Å². The normalized spacial score (nSPS) is 21.0. The molecule has 0 N–H and O–H groups in total. The van der Waals surface area contributed by atoms with Crippen LogP contribution in [0.3, 0.4) is 0 Å². The van der Waals surface area contributed by atoms with Gasteiger partial charge < -0.3 is 9.64 Å². The van der Waals surface area contributed by atoms with Gasteiger partial charge in [-0.2, -0.15) is 4.68 Å². The van der Waals surface area contributed by atoms with E-state index in [1.807, 2.05) is 50.2 Å². The second-order valence-electron chi connectivity index (χ2n) is 10.8. The van der Waals surface area contributed by atoms with Crippen molar-refractivity contribution in [3.05, 3.63) is 112 Å². The van der Waals surface area contributed by atoms with E-state index in [-0.39, 0.29) is 17.4 Å². The van der Waals surface area contributed by atoms with Crippen LogP contribution in [0.25, 0.3) is 16.8 Å². The van der Waals surface area contributed by atoms with Crippen molar-refractivity contribution in [2.45, 2.75) is 20.3 Å². The molecule has 0 radical (unpaired) electrons. The summed E-state index contributed by atoms with van der Waals surface area (Å²) in [5.74, 6) is 0.631. The molecule has 2 heterocycles. The highest BCUT2D eigenvalue weighted by Crippen LogP contribution is 2.54. The van der Waals surface area contributed by atoms with E-state index in [9.17, 15) is 14.9 Å². The maximum absolute atomic E-state index is 14.3. The molecular weight excluding hydrogens is 518 g/mol. The summed E-state index contributed by atoms with van der Waals surface area (Å²) in [5.41, 5.74) is 4.63. The maximum atomic E-state index is 14.3. The van der Waals surface area contributed by atoms with Crippen molar-refractivity contribution in [3.63, 3.8) is 0 Å². The number of ether oxygens (including phenoxy) is 1. The van der Waals surface area contributed by atoms with Gasteiger partial charge in [-0.3, -0.25) is 14.9 Å². The van der Waals surface area contributed by atoms with Crippen LogP contribution in [-0.2, 0) is 16.0 Å². The fourth-order valence-electron chi connectivity index (χ4n) is 6.25. The zero-order valence-corrected chi connectivity index (χ0v) is 23.1. The predicted molar refractivity (Wildman–Crippen MR) is 157 cm³/mol. The zero-order chi connectivity index (χ0) is 28.6. The number of nitrogens with zero attached hydrogens (tertiary/aromatic N) is 5. The Morgan fingerprint density at radius 3 is 2.17 bits per heavy atom. The van der Waals surface area contributed by atoms with Crippen LogP contribution in [0.2, 0.25) is 0 Å². The van der Waals surface area contributed by atoms with E-state index in [0.29, 0.717) is 44.1 Å². The summed E-state index contributed by atoms with van der Waals surface area (Å²) in [6.07, 6.45) is 0.358. The largest absolute Gasteiger partial charge is 0.378 e. The van der Waals surface area contributed by atoms with Gasteiger partial charge in [-0.1, -0.05) is 72.8 Å². The SMILES string of the molecule is C[C@H]1C(=O)[C@](C)(Cc2nnn(-c3ccc([N+](=O)[O-])cc3)c2N2CCOCC2)C(c2ccccc2)=C1c1ccccc1. The summed E-state index contributed by atoms with van der Waals surface area (Å²) in [6.45, 7) is 6.43. The maximum Gasteiger partial charge on any atom is 0.269 e. The first kappa shape index (κ1) is 26.6. The lowest BCUT2D eigenvalue weighted by Gasteiger charge is -2.31. The molecular formula is C32H31N5O4. The number of anilines is 1. The molecule has 0 unspecified atom stereocenters. The summed E-state index contributed by atoms with van der Waals surface area (Å²) >= 11 is 0. The van der Waals surface area contributed by atoms with Crippen LogP contribution in [0.1, 0.15) is 30.7 Å². The average molecular weight is 550 g/mol. The van der Waals surface area contributed by atoms with E-state index in [2.05, 4.69) is 39.5 Å². The number of rotatable bonds is 7. The highest BCUT2D eigenvalue weighted by Gasteiger charge is 2.50. The minimum Gasteiger partial charge on any atom is -0.378 e. The lowest BCUT2D eigenvalue weighted by molar-refractivity contribution is -0.384. The summed E-state index contributed by atoms with van der Waals surface area (Å²) in [6, 6.07) is 26.5. The van der Waals surface area contributed by atoms with Gasteiger partial charge in [0.25, 0.3) is 5.69 Å². The number of non-ortho nitro benzene ring substituents is 1. The topological polar surface area (TPSA) is 103 Å². The summed E-state index contributed by atoms with van der Waals surface area (Å²) in [7, 11) is 0. The lowest BCUT2D eigenvalue weighted by atomic mass is 9.74. The minimum atomic E-state index is -0.858. The fourth-order valence-corrected chi connectivity index (χ4v) is 6.25. The Labute approximate surface area is 238 Å². The first-order valence-corrected chi connectivity index (χ1v) is 13.8. The Balaban J connectivity index is 1.50. The predicted octanol–water partition coefficient (Wildman–Crippen LogP) is 5.39. The van der Waals surface area contributed by atoms with Crippen LogP contribution in [0.15, 0.2) is 84.9 Å². The molecule has 1 aromatic heterocycles. The highest BCUT2D eigenvalue weighted by atomic mass is 16.6. The molecule has 41 heavy (non-hydrogen) atoms. The molecule has 0 spiro atoms. The Morgan fingerprint density at radius 1 is 0.951 bits per heavy atom. The molecule has 4 aromatic rings. The monoisotopic (exact) mass is 549 g/mol. The van der Waals surface area contributed by atoms with Gasteiger partial charge in [0.1, 0.15) is 5.69 Å². The number of benzene rings is 3. The lowest BCUT2D eigenvalue weighted by Crippen LogP contribution is -2.38. The van der Waals surface area contributed by atoms with Gasteiger partial charge in [0.05, 0.1) is 29.2 Å². The van der Waals surface area contributed by atoms with Crippen LogP contribution in [0.5, 0.6) is 0 Å². The first-order chi connectivity index (χ1) is 19.9. The summed E-state index contributed by atoms with van der Waals surface area (Å²) < 4.78 is 7.34. The third kappa shape index (κ3) is 4.72. The van der Waals surface area contributed by atoms with E-state index in [4.69, 9.17) is 4.74 Å². The van der Waals surface area contributed by atoms with Crippen LogP contribution < -0.4 is 4.90 Å². The van der Waals surface area contributed by atoms with Crippen molar-refractivity contribution in [1.82, 2.24) is 15.0 Å². The third-order valence-corrected chi connectivity index (χ3v) is 8.19. The molecule has 0 saturated carbocycles. The summed E-state index contributed by atoms with van der Waals surface area (Å²) in [4.78, 5) is 27.3. The Bertz CT molecular complexity index is 1610. The van der Waals surface area contributed by atoms with E-state index in [1.54, 1.807) is 16.8 Å². The van der Waals surface area contributed by atoms with Crippen LogP contribution >= 0.6 is 0 Å². The van der Waals surface area contributed by atoms with E-state index in [1.165, 1.54) is 12.1 Å². The molecule has 208 valence electrons. The van der Waals surface area contributed by atoms with E-state index >= 15 is 0 Å². The minimum absolute atomic E-state index is 0.00569. The molecule has 1 saturated heterocycles. The van der Waals surface area contributed by atoms with E-state index in [0.717, 1.165) is 28.1 Å².